The van der Waals surface area contributed by atoms with Gasteiger partial charge in [0.1, 0.15) is 17.6 Å². The molecule has 7 nitrogen and oxygen atoms in total. The van der Waals surface area contributed by atoms with E-state index in [1.165, 1.54) is 22.2 Å². The van der Waals surface area contributed by atoms with Gasteiger partial charge in [-0.15, -0.1) is 6.58 Å². The number of benzene rings is 1. The van der Waals surface area contributed by atoms with Crippen molar-refractivity contribution < 1.29 is 4.79 Å². The smallest absolute Gasteiger partial charge is 0.273 e. The number of allylic oxidation sites excluding steroid dienone is 1. The largest absolute Gasteiger partial charge is 0.325 e. The molecule has 1 aromatic carbocycles. The van der Waals surface area contributed by atoms with E-state index in [9.17, 15) is 9.59 Å². The highest BCUT2D eigenvalue weighted by molar-refractivity contribution is 7.73. The molecule has 0 spiro atoms. The minimum Gasteiger partial charge on any atom is -0.325 e. The Bertz CT molecular complexity index is 1170. The summed E-state index contributed by atoms with van der Waals surface area (Å²) >= 11 is 6.44. The third kappa shape index (κ3) is 4.02. The van der Waals surface area contributed by atoms with Crippen LogP contribution in [0.15, 0.2) is 48.0 Å². The Labute approximate surface area is 163 Å². The number of amides is 1. The van der Waals surface area contributed by atoms with Gasteiger partial charge in [-0.1, -0.05) is 29.5 Å². The highest BCUT2D eigenvalue weighted by Crippen LogP contribution is 2.17. The molecular weight excluding hydrogens is 382 g/mol. The van der Waals surface area contributed by atoms with Crippen molar-refractivity contribution in [2.75, 3.05) is 5.32 Å². The van der Waals surface area contributed by atoms with Crippen molar-refractivity contribution in [2.45, 2.75) is 19.5 Å². The maximum atomic E-state index is 12.6. The van der Waals surface area contributed by atoms with E-state index in [2.05, 4.69) is 22.9 Å². The topological polar surface area (TPSA) is 92.7 Å². The third-order valence-electron chi connectivity index (χ3n) is 3.79. The summed E-state index contributed by atoms with van der Waals surface area (Å²) in [5.74, 6) is -0.347. The van der Waals surface area contributed by atoms with Crippen LogP contribution < -0.4 is 10.9 Å². The number of nitriles is 1. The minimum absolute atomic E-state index is 0.159. The fourth-order valence-electron chi connectivity index (χ4n) is 2.53. The van der Waals surface area contributed by atoms with Crippen molar-refractivity contribution in [3.8, 4) is 6.07 Å². The summed E-state index contributed by atoms with van der Waals surface area (Å²) in [6, 6.07) is 9.04. The normalized spacial score (nSPS) is 10.5. The molecule has 1 N–H and O–H groups in total. The standard InChI is InChI=1S/C18H15N5O2S2/c1-2-9-23-16-15(27-18(23)26)17(25)22(11-20-16)10-14(24)21-13-5-3-12(4-6-13)7-8-19/h2-6,11H,1,7,9-10H2,(H,21,24). The van der Waals surface area contributed by atoms with Gasteiger partial charge < -0.3 is 9.88 Å². The monoisotopic (exact) mass is 397 g/mol. The minimum atomic E-state index is -0.347. The SMILES string of the molecule is C=CCn1c(=S)sc2c(=O)n(CC(=O)Nc3ccc(CC#N)cc3)cnc21. The van der Waals surface area contributed by atoms with Crippen LogP contribution in [-0.2, 0) is 24.3 Å². The van der Waals surface area contributed by atoms with Gasteiger partial charge in [0.05, 0.1) is 12.5 Å². The number of anilines is 1. The Balaban J connectivity index is 1.80. The van der Waals surface area contributed by atoms with Gasteiger partial charge in [-0.2, -0.15) is 5.26 Å². The number of carbonyl (C=O) groups is 1. The second kappa shape index (κ2) is 8.07. The van der Waals surface area contributed by atoms with Crippen LogP contribution in [0.2, 0.25) is 0 Å². The molecule has 3 aromatic rings. The number of aromatic nitrogens is 3. The van der Waals surface area contributed by atoms with Crippen LogP contribution in [0.3, 0.4) is 0 Å². The Morgan fingerprint density at radius 1 is 1.41 bits per heavy atom. The van der Waals surface area contributed by atoms with Gasteiger partial charge in [0.25, 0.3) is 5.56 Å². The molecule has 3 rings (SSSR count). The van der Waals surface area contributed by atoms with Gasteiger partial charge in [-0.25, -0.2) is 4.98 Å². The molecule has 0 saturated carbocycles. The number of thiazole rings is 1. The quantitative estimate of drug-likeness (QED) is 0.510. The van der Waals surface area contributed by atoms with E-state index in [1.807, 2.05) is 0 Å². The van der Waals surface area contributed by atoms with Gasteiger partial charge in [-0.3, -0.25) is 14.2 Å². The zero-order chi connectivity index (χ0) is 19.4. The molecule has 1 amide bonds. The number of rotatable bonds is 6. The molecule has 0 fully saturated rings. The Kier molecular flexibility index (Phi) is 5.59. The summed E-state index contributed by atoms with van der Waals surface area (Å²) in [5, 5.41) is 11.4. The lowest BCUT2D eigenvalue weighted by molar-refractivity contribution is -0.116. The Hall–Kier alpha value is -3.09. The molecule has 2 heterocycles. The van der Waals surface area contributed by atoms with Crippen LogP contribution in [-0.4, -0.2) is 20.0 Å². The summed E-state index contributed by atoms with van der Waals surface area (Å²) in [6.45, 7) is 3.99. The molecule has 0 aliphatic carbocycles. The maximum Gasteiger partial charge on any atom is 0.273 e. The molecule has 0 aliphatic rings. The molecule has 136 valence electrons. The van der Waals surface area contributed by atoms with Gasteiger partial charge in [0, 0.05) is 12.2 Å². The highest BCUT2D eigenvalue weighted by atomic mass is 32.1. The van der Waals surface area contributed by atoms with Crippen molar-refractivity contribution in [2.24, 2.45) is 0 Å². The second-order valence-electron chi connectivity index (χ2n) is 5.68. The van der Waals surface area contributed by atoms with E-state index in [1.54, 1.807) is 34.9 Å². The van der Waals surface area contributed by atoms with Crippen LogP contribution in [0.5, 0.6) is 0 Å². The summed E-state index contributed by atoms with van der Waals surface area (Å²) in [6.07, 6.45) is 3.35. The zero-order valence-corrected chi connectivity index (χ0v) is 15.8. The van der Waals surface area contributed by atoms with Crippen molar-refractivity contribution in [3.63, 3.8) is 0 Å². The second-order valence-corrected chi connectivity index (χ2v) is 7.32. The van der Waals surface area contributed by atoms with Crippen LogP contribution in [0.4, 0.5) is 5.69 Å². The molecule has 0 aliphatic heterocycles. The predicted octanol–water partition coefficient (Wildman–Crippen LogP) is 2.88. The number of hydrogen-bond acceptors (Lipinski definition) is 6. The average Bonchev–Trinajstić information content (AvgIpc) is 2.96. The van der Waals surface area contributed by atoms with Crippen molar-refractivity contribution in [3.05, 3.63) is 63.1 Å². The molecule has 2 aromatic heterocycles. The number of carbonyl (C=O) groups excluding carboxylic acids is 1. The van der Waals surface area contributed by atoms with E-state index in [0.717, 1.165) is 5.56 Å². The van der Waals surface area contributed by atoms with E-state index in [0.29, 0.717) is 33.0 Å². The molecule has 0 radical (unpaired) electrons. The van der Waals surface area contributed by atoms with Crippen molar-refractivity contribution in [1.82, 2.24) is 14.1 Å². The molecule has 0 saturated heterocycles. The third-order valence-corrected chi connectivity index (χ3v) is 5.22. The first kappa shape index (κ1) is 18.7. The van der Waals surface area contributed by atoms with E-state index in [-0.39, 0.29) is 18.0 Å². The molecule has 27 heavy (non-hydrogen) atoms. The van der Waals surface area contributed by atoms with Crippen LogP contribution in [0.25, 0.3) is 10.3 Å². The molecular formula is C18H15N5O2S2. The van der Waals surface area contributed by atoms with Crippen molar-refractivity contribution in [1.29, 1.82) is 5.26 Å². The summed E-state index contributed by atoms with van der Waals surface area (Å²) in [7, 11) is 0. The summed E-state index contributed by atoms with van der Waals surface area (Å²) < 4.78 is 3.94. The zero-order valence-electron chi connectivity index (χ0n) is 14.2. The van der Waals surface area contributed by atoms with E-state index in [4.69, 9.17) is 17.5 Å². The van der Waals surface area contributed by atoms with E-state index < -0.39 is 0 Å². The van der Waals surface area contributed by atoms with Gasteiger partial charge in [0.2, 0.25) is 5.91 Å². The van der Waals surface area contributed by atoms with Gasteiger partial charge in [-0.05, 0) is 29.9 Å². The fraction of sp³-hybridized carbons (Fsp3) is 0.167. The molecule has 0 atom stereocenters. The predicted molar refractivity (Wildman–Crippen MR) is 107 cm³/mol. The first-order chi connectivity index (χ1) is 13.0. The van der Waals surface area contributed by atoms with Crippen LogP contribution in [0.1, 0.15) is 5.56 Å². The molecule has 0 bridgehead atoms. The van der Waals surface area contributed by atoms with Gasteiger partial charge >= 0.3 is 0 Å². The lowest BCUT2D eigenvalue weighted by Crippen LogP contribution is -2.27. The first-order valence-corrected chi connectivity index (χ1v) is 9.21. The van der Waals surface area contributed by atoms with Gasteiger partial charge in [0.15, 0.2) is 9.60 Å². The maximum absolute atomic E-state index is 12.6. The lowest BCUT2D eigenvalue weighted by atomic mass is 10.1. The fourth-order valence-corrected chi connectivity index (χ4v) is 3.84. The lowest BCUT2D eigenvalue weighted by Gasteiger charge is -2.08. The highest BCUT2D eigenvalue weighted by Gasteiger charge is 2.13. The number of nitrogens with zero attached hydrogens (tertiary/aromatic N) is 4. The number of fused-ring (bicyclic) bond motifs is 1. The molecule has 9 heteroatoms. The Morgan fingerprint density at radius 2 is 2.15 bits per heavy atom. The first-order valence-electron chi connectivity index (χ1n) is 7.99. The van der Waals surface area contributed by atoms with Crippen molar-refractivity contribution >= 4 is 45.5 Å². The Morgan fingerprint density at radius 3 is 2.81 bits per heavy atom. The summed E-state index contributed by atoms with van der Waals surface area (Å²) in [4.78, 5) is 29.2. The van der Waals surface area contributed by atoms with Crippen LogP contribution in [0, 0.1) is 15.3 Å². The van der Waals surface area contributed by atoms with Crippen LogP contribution >= 0.6 is 23.6 Å². The molecule has 0 unspecified atom stereocenters. The number of nitrogens with one attached hydrogen (secondary N) is 1. The number of hydrogen-bond donors (Lipinski definition) is 1. The average molecular weight is 397 g/mol. The van der Waals surface area contributed by atoms with E-state index >= 15 is 0 Å². The summed E-state index contributed by atoms with van der Waals surface area (Å²) in [5.41, 5.74) is 1.65.